The number of benzene rings is 1. The second kappa shape index (κ2) is 3.31. The van der Waals surface area contributed by atoms with E-state index in [9.17, 15) is 10.2 Å². The third kappa shape index (κ3) is 1.85. The number of hydrogen-bond donors (Lipinski definition) is 2. The molecule has 0 amide bonds. The second-order valence-corrected chi connectivity index (χ2v) is 4.08. The molecule has 0 radical (unpaired) electrons. The Morgan fingerprint density at radius 3 is 2.53 bits per heavy atom. The van der Waals surface area contributed by atoms with Crippen molar-refractivity contribution in [2.75, 3.05) is 13.2 Å². The zero-order valence-electron chi connectivity index (χ0n) is 8.78. The van der Waals surface area contributed by atoms with Gasteiger partial charge in [-0.25, -0.2) is 0 Å². The van der Waals surface area contributed by atoms with Crippen molar-refractivity contribution in [3.63, 3.8) is 0 Å². The van der Waals surface area contributed by atoms with E-state index in [1.54, 1.807) is 13.8 Å². The monoisotopic (exact) mass is 210 g/mol. The number of phenols is 1. The Hall–Kier alpha value is -1.42. The smallest absolute Gasteiger partial charge is 0.167 e. The lowest BCUT2D eigenvalue weighted by molar-refractivity contribution is 0.0699. The summed E-state index contributed by atoms with van der Waals surface area (Å²) in [6.07, 6.45) is 0. The van der Waals surface area contributed by atoms with E-state index >= 15 is 0 Å². The molecule has 0 aromatic heterocycles. The van der Waals surface area contributed by atoms with Gasteiger partial charge in [-0.05, 0) is 19.9 Å². The molecule has 1 aromatic carbocycles. The summed E-state index contributed by atoms with van der Waals surface area (Å²) in [5.74, 6) is 1.07. The molecule has 0 unspecified atom stereocenters. The lowest BCUT2D eigenvalue weighted by Crippen LogP contribution is -2.22. The number of rotatable bonds is 1. The number of fused-ring (bicyclic) bond motifs is 1. The van der Waals surface area contributed by atoms with Gasteiger partial charge < -0.3 is 19.7 Å². The molecule has 2 rings (SSSR count). The number of phenolic OH excluding ortho intramolecular Hbond substituents is 1. The maximum absolute atomic E-state index is 9.92. The van der Waals surface area contributed by atoms with Gasteiger partial charge in [0.25, 0.3) is 0 Å². The molecule has 0 atom stereocenters. The fraction of sp³-hybridized carbons (Fsp3) is 0.455. The first-order valence-corrected chi connectivity index (χ1v) is 4.84. The quantitative estimate of drug-likeness (QED) is 0.735. The highest BCUT2D eigenvalue weighted by Gasteiger charge is 2.27. The van der Waals surface area contributed by atoms with Gasteiger partial charge in [0, 0.05) is 11.6 Å². The molecule has 0 fully saturated rings. The largest absolute Gasteiger partial charge is 0.508 e. The van der Waals surface area contributed by atoms with Gasteiger partial charge in [0.2, 0.25) is 0 Å². The van der Waals surface area contributed by atoms with Crippen molar-refractivity contribution in [1.82, 2.24) is 0 Å². The number of aromatic hydroxyl groups is 1. The SMILES string of the molecule is CC(C)(O)c1cc(O)cc2c1OCCO2. The Balaban J connectivity index is 2.58. The van der Waals surface area contributed by atoms with Gasteiger partial charge in [-0.2, -0.15) is 0 Å². The Kier molecular flexibility index (Phi) is 2.23. The lowest BCUT2D eigenvalue weighted by atomic mass is 9.96. The van der Waals surface area contributed by atoms with E-state index in [0.717, 1.165) is 0 Å². The summed E-state index contributed by atoms with van der Waals surface area (Å²) >= 11 is 0. The maximum Gasteiger partial charge on any atom is 0.167 e. The van der Waals surface area contributed by atoms with E-state index in [0.29, 0.717) is 30.3 Å². The summed E-state index contributed by atoms with van der Waals surface area (Å²) in [7, 11) is 0. The molecule has 2 N–H and O–H groups in total. The third-order valence-corrected chi connectivity index (χ3v) is 2.29. The topological polar surface area (TPSA) is 58.9 Å². The van der Waals surface area contributed by atoms with Crippen molar-refractivity contribution in [3.8, 4) is 17.2 Å². The van der Waals surface area contributed by atoms with Crippen LogP contribution in [0.5, 0.6) is 17.2 Å². The van der Waals surface area contributed by atoms with Gasteiger partial charge in [0.15, 0.2) is 11.5 Å². The van der Waals surface area contributed by atoms with Gasteiger partial charge in [-0.3, -0.25) is 0 Å². The van der Waals surface area contributed by atoms with E-state index in [-0.39, 0.29) is 5.75 Å². The minimum Gasteiger partial charge on any atom is -0.508 e. The van der Waals surface area contributed by atoms with Gasteiger partial charge in [0.1, 0.15) is 19.0 Å². The fourth-order valence-electron chi connectivity index (χ4n) is 1.59. The molecular formula is C11H14O4. The second-order valence-electron chi connectivity index (χ2n) is 4.08. The van der Waals surface area contributed by atoms with Crippen LogP contribution in [0.25, 0.3) is 0 Å². The molecule has 0 aliphatic carbocycles. The highest BCUT2D eigenvalue weighted by molar-refractivity contribution is 5.53. The average molecular weight is 210 g/mol. The molecule has 1 aliphatic heterocycles. The molecule has 0 bridgehead atoms. The highest BCUT2D eigenvalue weighted by Crippen LogP contribution is 2.41. The Labute approximate surface area is 88.1 Å². The van der Waals surface area contributed by atoms with Crippen molar-refractivity contribution < 1.29 is 19.7 Å². The van der Waals surface area contributed by atoms with Crippen LogP contribution in [0.3, 0.4) is 0 Å². The Morgan fingerprint density at radius 2 is 1.87 bits per heavy atom. The van der Waals surface area contributed by atoms with Crippen LogP contribution < -0.4 is 9.47 Å². The summed E-state index contributed by atoms with van der Waals surface area (Å²) in [6.45, 7) is 4.20. The fourth-order valence-corrected chi connectivity index (χ4v) is 1.59. The number of ether oxygens (including phenoxy) is 2. The highest BCUT2D eigenvalue weighted by atomic mass is 16.6. The molecule has 82 valence electrons. The molecular weight excluding hydrogens is 196 g/mol. The molecule has 0 saturated carbocycles. The summed E-state index contributed by atoms with van der Waals surface area (Å²) in [5.41, 5.74) is -0.527. The molecule has 15 heavy (non-hydrogen) atoms. The first-order chi connectivity index (χ1) is 6.98. The van der Waals surface area contributed by atoms with E-state index in [1.165, 1.54) is 12.1 Å². The minimum absolute atomic E-state index is 0.0661. The number of hydrogen-bond acceptors (Lipinski definition) is 4. The molecule has 1 aromatic rings. The van der Waals surface area contributed by atoms with Crippen LogP contribution >= 0.6 is 0 Å². The minimum atomic E-state index is -1.07. The van der Waals surface area contributed by atoms with Crippen LogP contribution in [-0.4, -0.2) is 23.4 Å². The number of aliphatic hydroxyl groups is 1. The summed E-state index contributed by atoms with van der Waals surface area (Å²) in [4.78, 5) is 0. The summed E-state index contributed by atoms with van der Waals surface area (Å²) in [5, 5.41) is 19.4. The van der Waals surface area contributed by atoms with E-state index in [4.69, 9.17) is 9.47 Å². The molecule has 1 aliphatic rings. The zero-order valence-corrected chi connectivity index (χ0v) is 8.78. The summed E-state index contributed by atoms with van der Waals surface area (Å²) in [6, 6.07) is 2.98. The van der Waals surface area contributed by atoms with Gasteiger partial charge >= 0.3 is 0 Å². The lowest BCUT2D eigenvalue weighted by Gasteiger charge is -2.26. The van der Waals surface area contributed by atoms with Crippen molar-refractivity contribution in [1.29, 1.82) is 0 Å². The van der Waals surface area contributed by atoms with E-state index in [2.05, 4.69) is 0 Å². The van der Waals surface area contributed by atoms with Gasteiger partial charge in [-0.1, -0.05) is 0 Å². The van der Waals surface area contributed by atoms with E-state index in [1.807, 2.05) is 0 Å². The van der Waals surface area contributed by atoms with Crippen LogP contribution in [0.1, 0.15) is 19.4 Å². The zero-order chi connectivity index (χ0) is 11.1. The molecule has 4 nitrogen and oxygen atoms in total. The third-order valence-electron chi connectivity index (χ3n) is 2.29. The van der Waals surface area contributed by atoms with Crippen LogP contribution in [0.2, 0.25) is 0 Å². The Morgan fingerprint density at radius 1 is 1.20 bits per heavy atom. The van der Waals surface area contributed by atoms with Crippen molar-refractivity contribution in [2.45, 2.75) is 19.4 Å². The van der Waals surface area contributed by atoms with Crippen molar-refractivity contribution in [3.05, 3.63) is 17.7 Å². The maximum atomic E-state index is 9.92. The normalized spacial score (nSPS) is 15.1. The molecule has 1 heterocycles. The van der Waals surface area contributed by atoms with Crippen LogP contribution in [0.4, 0.5) is 0 Å². The van der Waals surface area contributed by atoms with E-state index < -0.39 is 5.60 Å². The summed E-state index contributed by atoms with van der Waals surface area (Å²) < 4.78 is 10.8. The first-order valence-electron chi connectivity index (χ1n) is 4.84. The van der Waals surface area contributed by atoms with Crippen molar-refractivity contribution >= 4 is 0 Å². The van der Waals surface area contributed by atoms with Gasteiger partial charge in [-0.15, -0.1) is 0 Å². The molecule has 0 spiro atoms. The van der Waals surface area contributed by atoms with Crippen LogP contribution in [-0.2, 0) is 5.60 Å². The predicted octanol–water partition coefficient (Wildman–Crippen LogP) is 1.39. The van der Waals surface area contributed by atoms with Crippen LogP contribution in [0, 0.1) is 0 Å². The Bertz CT molecular complexity index is 379. The average Bonchev–Trinajstić information content (AvgIpc) is 2.15. The predicted molar refractivity (Wildman–Crippen MR) is 54.3 cm³/mol. The standard InChI is InChI=1S/C11H14O4/c1-11(2,13)8-5-7(12)6-9-10(8)15-4-3-14-9/h5-6,12-13H,3-4H2,1-2H3. The first kappa shape index (κ1) is 10.1. The molecule has 0 saturated heterocycles. The molecule has 4 heteroatoms. The van der Waals surface area contributed by atoms with Gasteiger partial charge in [0.05, 0.1) is 5.60 Å². The van der Waals surface area contributed by atoms with Crippen molar-refractivity contribution in [2.24, 2.45) is 0 Å². The van der Waals surface area contributed by atoms with Crippen LogP contribution in [0.15, 0.2) is 12.1 Å².